The van der Waals surface area contributed by atoms with Gasteiger partial charge in [-0.25, -0.2) is 4.39 Å². The topological polar surface area (TPSA) is 98.2 Å². The minimum Gasteiger partial charge on any atom is -0.368 e. The second-order valence-corrected chi connectivity index (χ2v) is 3.68. The maximum atomic E-state index is 13.4. The molecule has 0 heterocycles. The highest BCUT2D eigenvalue weighted by Gasteiger charge is 2.11. The molecule has 2 amide bonds. The molecule has 1 aromatic rings. The molecule has 92 valence electrons. The Bertz CT molecular complexity index is 448. The van der Waals surface area contributed by atoms with Gasteiger partial charge in [-0.2, -0.15) is 0 Å². The second kappa shape index (κ2) is 5.40. The summed E-state index contributed by atoms with van der Waals surface area (Å²) in [6.45, 7) is 1.66. The Morgan fingerprint density at radius 1 is 1.41 bits per heavy atom. The van der Waals surface area contributed by atoms with Crippen LogP contribution in [0.4, 0.5) is 4.39 Å². The largest absolute Gasteiger partial charge is 0.368 e. The Balaban J connectivity index is 2.79. The molecule has 0 bridgehead atoms. The lowest BCUT2D eigenvalue weighted by molar-refractivity contribution is -0.119. The molecule has 0 radical (unpaired) electrons. The Morgan fingerprint density at radius 2 is 2.06 bits per heavy atom. The molecule has 1 aromatic carbocycles. The molecule has 5 N–H and O–H groups in total. The van der Waals surface area contributed by atoms with Crippen LogP contribution in [0.15, 0.2) is 18.2 Å². The summed E-state index contributed by atoms with van der Waals surface area (Å²) in [5, 5.41) is 2.74. The number of carbonyl (C=O) groups excluding carboxylic acids is 2. The van der Waals surface area contributed by atoms with Crippen molar-refractivity contribution in [3.05, 3.63) is 35.1 Å². The smallest absolute Gasteiger partial charge is 0.248 e. The summed E-state index contributed by atoms with van der Waals surface area (Å²) in [6.07, 6.45) is 0. The molecule has 6 heteroatoms. The number of carbonyl (C=O) groups is 2. The maximum absolute atomic E-state index is 13.4. The zero-order chi connectivity index (χ0) is 13.0. The minimum atomic E-state index is -0.630. The highest BCUT2D eigenvalue weighted by Crippen LogP contribution is 2.10. The van der Waals surface area contributed by atoms with Gasteiger partial charge >= 0.3 is 0 Å². The van der Waals surface area contributed by atoms with Gasteiger partial charge in [0.25, 0.3) is 0 Å². The van der Waals surface area contributed by atoms with E-state index < -0.39 is 23.7 Å². The Hall–Kier alpha value is -1.95. The van der Waals surface area contributed by atoms with Crippen molar-refractivity contribution in [2.45, 2.75) is 19.5 Å². The summed E-state index contributed by atoms with van der Waals surface area (Å²) in [5.74, 6) is -1.63. The molecule has 0 spiro atoms. The fourth-order valence-corrected chi connectivity index (χ4v) is 1.23. The lowest BCUT2D eigenvalue weighted by atomic mass is 10.1. The number of amides is 2. The normalized spacial score (nSPS) is 12.1. The van der Waals surface area contributed by atoms with Crippen LogP contribution >= 0.6 is 0 Å². The van der Waals surface area contributed by atoms with Crippen molar-refractivity contribution in [3.8, 4) is 0 Å². The van der Waals surface area contributed by atoms with Gasteiger partial charge in [0.15, 0.2) is 0 Å². The van der Waals surface area contributed by atoms with Gasteiger partial charge in [-0.1, -0.05) is 0 Å². The van der Waals surface area contributed by atoms with E-state index in [1.807, 2.05) is 0 Å². The van der Waals surface area contributed by atoms with Crippen molar-refractivity contribution in [2.24, 2.45) is 11.5 Å². The summed E-state index contributed by atoms with van der Waals surface area (Å²) in [7, 11) is 0. The summed E-state index contributed by atoms with van der Waals surface area (Å²) in [4.78, 5) is 21.7. The summed E-state index contributed by atoms with van der Waals surface area (Å²) >= 11 is 0. The number of nitrogens with two attached hydrogens (primary N) is 2. The molecule has 1 unspecified atom stereocenters. The molecule has 0 saturated heterocycles. The Kier molecular flexibility index (Phi) is 4.17. The monoisotopic (exact) mass is 239 g/mol. The van der Waals surface area contributed by atoms with Crippen molar-refractivity contribution in [3.63, 3.8) is 0 Å². The molecule has 0 fully saturated rings. The van der Waals surface area contributed by atoms with Crippen molar-refractivity contribution >= 4 is 11.8 Å². The first-order valence-electron chi connectivity index (χ1n) is 5.02. The van der Waals surface area contributed by atoms with Crippen molar-refractivity contribution in [1.82, 2.24) is 5.32 Å². The van der Waals surface area contributed by atoms with Gasteiger partial charge in [0.05, 0.1) is 6.04 Å². The van der Waals surface area contributed by atoms with E-state index in [4.69, 9.17) is 11.5 Å². The molecule has 1 rings (SSSR count). The van der Waals surface area contributed by atoms with Crippen LogP contribution < -0.4 is 16.8 Å². The lowest BCUT2D eigenvalue weighted by Gasteiger charge is -2.11. The summed E-state index contributed by atoms with van der Waals surface area (Å²) in [5.41, 5.74) is 10.6. The van der Waals surface area contributed by atoms with E-state index >= 15 is 0 Å². The van der Waals surface area contributed by atoms with Crippen LogP contribution in [-0.4, -0.2) is 17.9 Å². The number of halogens is 1. The SMILES string of the molecule is CC(NCc1cc(C(N)=O)ccc1F)C(N)=O. The molecule has 0 aliphatic carbocycles. The van der Waals surface area contributed by atoms with E-state index in [9.17, 15) is 14.0 Å². The first-order chi connectivity index (χ1) is 7.91. The predicted molar refractivity (Wildman–Crippen MR) is 60.4 cm³/mol. The fourth-order valence-electron chi connectivity index (χ4n) is 1.23. The number of primary amides is 2. The average Bonchev–Trinajstić information content (AvgIpc) is 2.26. The van der Waals surface area contributed by atoms with Gasteiger partial charge in [-0.15, -0.1) is 0 Å². The molecule has 0 aliphatic rings. The lowest BCUT2D eigenvalue weighted by Crippen LogP contribution is -2.38. The Labute approximate surface area is 98.0 Å². The van der Waals surface area contributed by atoms with E-state index in [1.54, 1.807) is 6.92 Å². The second-order valence-electron chi connectivity index (χ2n) is 3.68. The first-order valence-corrected chi connectivity index (χ1v) is 5.02. The number of hydrogen-bond donors (Lipinski definition) is 3. The molecule has 5 nitrogen and oxygen atoms in total. The van der Waals surface area contributed by atoms with Gasteiger partial charge in [0, 0.05) is 17.7 Å². The quantitative estimate of drug-likeness (QED) is 0.668. The predicted octanol–water partition coefficient (Wildman–Crippen LogP) is -0.112. The third-order valence-electron chi connectivity index (χ3n) is 2.36. The van der Waals surface area contributed by atoms with Gasteiger partial charge in [-0.05, 0) is 25.1 Å². The van der Waals surface area contributed by atoms with E-state index in [2.05, 4.69) is 5.32 Å². The molecule has 0 aliphatic heterocycles. The molecule has 17 heavy (non-hydrogen) atoms. The standard InChI is InChI=1S/C11H14FN3O2/c1-6(10(13)16)15-5-8-4-7(11(14)17)2-3-9(8)12/h2-4,6,15H,5H2,1H3,(H2,13,16)(H2,14,17). The zero-order valence-electron chi connectivity index (χ0n) is 9.37. The zero-order valence-corrected chi connectivity index (χ0v) is 9.37. The van der Waals surface area contributed by atoms with Crippen LogP contribution in [0.5, 0.6) is 0 Å². The van der Waals surface area contributed by atoms with E-state index in [1.165, 1.54) is 12.1 Å². The van der Waals surface area contributed by atoms with E-state index in [-0.39, 0.29) is 17.7 Å². The number of nitrogens with one attached hydrogen (secondary N) is 1. The number of rotatable bonds is 5. The van der Waals surface area contributed by atoms with Crippen molar-refractivity contribution < 1.29 is 14.0 Å². The van der Waals surface area contributed by atoms with E-state index in [0.29, 0.717) is 0 Å². The van der Waals surface area contributed by atoms with Crippen LogP contribution in [0.3, 0.4) is 0 Å². The highest BCUT2D eigenvalue weighted by atomic mass is 19.1. The van der Waals surface area contributed by atoms with Crippen LogP contribution in [0.25, 0.3) is 0 Å². The van der Waals surface area contributed by atoms with Gasteiger partial charge in [0.1, 0.15) is 5.82 Å². The van der Waals surface area contributed by atoms with Gasteiger partial charge < -0.3 is 16.8 Å². The van der Waals surface area contributed by atoms with Gasteiger partial charge in [-0.3, -0.25) is 9.59 Å². The Morgan fingerprint density at radius 3 is 2.59 bits per heavy atom. The highest BCUT2D eigenvalue weighted by molar-refractivity contribution is 5.92. The number of hydrogen-bond acceptors (Lipinski definition) is 3. The van der Waals surface area contributed by atoms with Crippen molar-refractivity contribution in [1.29, 1.82) is 0 Å². The number of benzene rings is 1. The molecule has 0 saturated carbocycles. The van der Waals surface area contributed by atoms with Gasteiger partial charge in [0.2, 0.25) is 11.8 Å². The molecular formula is C11H14FN3O2. The molecular weight excluding hydrogens is 225 g/mol. The summed E-state index contributed by atoms with van der Waals surface area (Å²) < 4.78 is 13.4. The maximum Gasteiger partial charge on any atom is 0.248 e. The minimum absolute atomic E-state index is 0.0943. The van der Waals surface area contributed by atoms with E-state index in [0.717, 1.165) is 6.07 Å². The molecule has 0 aromatic heterocycles. The van der Waals surface area contributed by atoms with Crippen LogP contribution in [0.1, 0.15) is 22.8 Å². The summed E-state index contributed by atoms with van der Waals surface area (Å²) in [6, 6.07) is 3.23. The third-order valence-corrected chi connectivity index (χ3v) is 2.36. The fraction of sp³-hybridized carbons (Fsp3) is 0.273. The molecule has 1 atom stereocenters. The average molecular weight is 239 g/mol. The van der Waals surface area contributed by atoms with Crippen LogP contribution in [0.2, 0.25) is 0 Å². The van der Waals surface area contributed by atoms with Crippen LogP contribution in [0, 0.1) is 5.82 Å². The van der Waals surface area contributed by atoms with Crippen LogP contribution in [-0.2, 0) is 11.3 Å². The van der Waals surface area contributed by atoms with Crippen molar-refractivity contribution in [2.75, 3.05) is 0 Å². The third kappa shape index (κ3) is 3.53. The first kappa shape index (κ1) is 13.1.